The molecule has 4 rings (SSSR count). The molecule has 1 atom stereocenters. The molecule has 1 N–H and O–H groups in total. The molecule has 0 bridgehead atoms. The van der Waals surface area contributed by atoms with Gasteiger partial charge in [-0.15, -0.1) is 0 Å². The van der Waals surface area contributed by atoms with Gasteiger partial charge in [-0.1, -0.05) is 60.7 Å². The molecule has 0 spiro atoms. The zero-order chi connectivity index (χ0) is 23.2. The Morgan fingerprint density at radius 2 is 1.48 bits per heavy atom. The van der Waals surface area contributed by atoms with Gasteiger partial charge in [0, 0.05) is 25.0 Å². The molecule has 172 valence electrons. The fraction of sp³-hybridized carbons (Fsp3) is 0.321. The Labute approximate surface area is 196 Å². The summed E-state index contributed by atoms with van der Waals surface area (Å²) in [7, 11) is 3.31. The molecule has 5 heteroatoms. The van der Waals surface area contributed by atoms with Crippen LogP contribution in [-0.4, -0.2) is 44.2 Å². The lowest BCUT2D eigenvalue weighted by molar-refractivity contribution is -0.123. The van der Waals surface area contributed by atoms with Crippen LogP contribution in [0.1, 0.15) is 35.1 Å². The van der Waals surface area contributed by atoms with Crippen LogP contribution in [0.4, 0.5) is 0 Å². The smallest absolute Gasteiger partial charge is 0.234 e. The quantitative estimate of drug-likeness (QED) is 0.560. The van der Waals surface area contributed by atoms with Crippen LogP contribution >= 0.6 is 0 Å². The minimum atomic E-state index is 0.0441. The summed E-state index contributed by atoms with van der Waals surface area (Å²) >= 11 is 0. The maximum atomic E-state index is 13.0. The molecule has 0 saturated heterocycles. The van der Waals surface area contributed by atoms with Gasteiger partial charge in [-0.05, 0) is 47.7 Å². The summed E-state index contributed by atoms with van der Waals surface area (Å²) in [5.74, 6) is 1.64. The average Bonchev–Trinajstić information content (AvgIpc) is 2.85. The highest BCUT2D eigenvalue weighted by atomic mass is 16.5. The van der Waals surface area contributed by atoms with Crippen molar-refractivity contribution in [3.05, 3.63) is 95.1 Å². The molecule has 33 heavy (non-hydrogen) atoms. The molecular weight excluding hydrogens is 412 g/mol. The lowest BCUT2D eigenvalue weighted by Gasteiger charge is -2.35. The number of amides is 1. The van der Waals surface area contributed by atoms with Gasteiger partial charge >= 0.3 is 0 Å². The van der Waals surface area contributed by atoms with Crippen molar-refractivity contribution in [2.24, 2.45) is 0 Å². The van der Waals surface area contributed by atoms with Crippen molar-refractivity contribution in [2.45, 2.75) is 31.8 Å². The van der Waals surface area contributed by atoms with Crippen molar-refractivity contribution in [3.63, 3.8) is 0 Å². The van der Waals surface area contributed by atoms with Crippen LogP contribution in [0, 0.1) is 0 Å². The Balaban J connectivity index is 1.43. The van der Waals surface area contributed by atoms with Gasteiger partial charge in [0.05, 0.1) is 20.8 Å². The van der Waals surface area contributed by atoms with Crippen molar-refractivity contribution in [3.8, 4) is 11.5 Å². The van der Waals surface area contributed by atoms with E-state index in [1.54, 1.807) is 14.2 Å². The van der Waals surface area contributed by atoms with E-state index in [2.05, 4.69) is 47.5 Å². The topological polar surface area (TPSA) is 50.8 Å². The predicted molar refractivity (Wildman–Crippen MR) is 131 cm³/mol. The molecule has 1 aliphatic heterocycles. The number of hydrogen-bond donors (Lipinski definition) is 1. The number of hydrogen-bond acceptors (Lipinski definition) is 4. The molecule has 1 heterocycles. The maximum Gasteiger partial charge on any atom is 0.234 e. The molecule has 1 amide bonds. The normalized spacial score (nSPS) is 15.7. The lowest BCUT2D eigenvalue weighted by atomic mass is 9.91. The van der Waals surface area contributed by atoms with Gasteiger partial charge in [-0.25, -0.2) is 0 Å². The third-order valence-corrected chi connectivity index (χ3v) is 6.47. The summed E-state index contributed by atoms with van der Waals surface area (Å²) in [6.07, 6.45) is 0.875. The number of nitrogens with zero attached hydrogens (tertiary/aromatic N) is 1. The molecule has 1 unspecified atom stereocenters. The second-order valence-corrected chi connectivity index (χ2v) is 8.61. The van der Waals surface area contributed by atoms with Gasteiger partial charge in [0.15, 0.2) is 11.5 Å². The van der Waals surface area contributed by atoms with Crippen LogP contribution in [0.25, 0.3) is 0 Å². The van der Waals surface area contributed by atoms with Crippen molar-refractivity contribution in [1.29, 1.82) is 0 Å². The van der Waals surface area contributed by atoms with E-state index in [0.717, 1.165) is 17.9 Å². The van der Waals surface area contributed by atoms with Crippen LogP contribution in [0.15, 0.2) is 72.8 Å². The number of carbonyl (C=O) groups excluding carboxylic acids is 1. The molecule has 3 aromatic carbocycles. The molecule has 0 saturated carbocycles. The molecule has 3 aromatic rings. The van der Waals surface area contributed by atoms with Gasteiger partial charge in [0.1, 0.15) is 0 Å². The van der Waals surface area contributed by atoms with Gasteiger partial charge in [0.2, 0.25) is 5.91 Å². The minimum absolute atomic E-state index is 0.0441. The van der Waals surface area contributed by atoms with E-state index in [1.165, 1.54) is 22.3 Å². The van der Waals surface area contributed by atoms with Crippen molar-refractivity contribution >= 4 is 5.91 Å². The number of methoxy groups -OCH3 is 2. The van der Waals surface area contributed by atoms with E-state index >= 15 is 0 Å². The molecular formula is C28H32N2O3. The van der Waals surface area contributed by atoms with E-state index in [9.17, 15) is 4.79 Å². The van der Waals surface area contributed by atoms with Crippen molar-refractivity contribution < 1.29 is 14.3 Å². The first kappa shape index (κ1) is 22.9. The highest BCUT2D eigenvalue weighted by Crippen LogP contribution is 2.34. The highest BCUT2D eigenvalue weighted by Gasteiger charge is 2.26. The Morgan fingerprint density at radius 1 is 0.939 bits per heavy atom. The Bertz CT molecular complexity index is 1030. The summed E-state index contributed by atoms with van der Waals surface area (Å²) in [5.41, 5.74) is 4.84. The fourth-order valence-corrected chi connectivity index (χ4v) is 4.59. The predicted octanol–water partition coefficient (Wildman–Crippen LogP) is 4.40. The zero-order valence-electron chi connectivity index (χ0n) is 19.6. The summed E-state index contributed by atoms with van der Waals surface area (Å²) in [5, 5.41) is 3.19. The van der Waals surface area contributed by atoms with Crippen LogP contribution in [-0.2, 0) is 17.8 Å². The first-order valence-electron chi connectivity index (χ1n) is 11.4. The Kier molecular flexibility index (Phi) is 7.30. The second kappa shape index (κ2) is 10.5. The van der Waals surface area contributed by atoms with E-state index in [-0.39, 0.29) is 17.9 Å². The Morgan fingerprint density at radius 3 is 2.03 bits per heavy atom. The van der Waals surface area contributed by atoms with Gasteiger partial charge in [-0.2, -0.15) is 0 Å². The zero-order valence-corrected chi connectivity index (χ0v) is 19.6. The van der Waals surface area contributed by atoms with E-state index in [1.807, 2.05) is 42.5 Å². The molecule has 0 aliphatic carbocycles. The summed E-state index contributed by atoms with van der Waals surface area (Å²) < 4.78 is 10.9. The Hall–Kier alpha value is -3.31. The lowest BCUT2D eigenvalue weighted by Crippen LogP contribution is -2.45. The van der Waals surface area contributed by atoms with E-state index in [4.69, 9.17) is 9.47 Å². The summed E-state index contributed by atoms with van der Waals surface area (Å²) in [6.45, 7) is 3.82. The standard InChI is InChI=1S/C28H32N2O3/c1-20-14-23-15-26(32-2)27(33-3)16-24(23)18-30(20)19-28(31)29-17-25(21-10-6-4-7-11-21)22-12-8-5-9-13-22/h4-13,15-16,20,25H,14,17-19H2,1-3H3,(H,29,31). The summed E-state index contributed by atoms with van der Waals surface area (Å²) in [4.78, 5) is 15.2. The van der Waals surface area contributed by atoms with Gasteiger partial charge in [0.25, 0.3) is 0 Å². The highest BCUT2D eigenvalue weighted by molar-refractivity contribution is 5.78. The van der Waals surface area contributed by atoms with Crippen LogP contribution in [0.3, 0.4) is 0 Å². The second-order valence-electron chi connectivity index (χ2n) is 8.61. The molecule has 0 aromatic heterocycles. The molecule has 0 fully saturated rings. The van der Waals surface area contributed by atoms with Crippen molar-refractivity contribution in [2.75, 3.05) is 27.3 Å². The monoisotopic (exact) mass is 444 g/mol. The van der Waals surface area contributed by atoms with E-state index < -0.39 is 0 Å². The number of benzene rings is 3. The number of carbonyl (C=O) groups is 1. The fourth-order valence-electron chi connectivity index (χ4n) is 4.59. The minimum Gasteiger partial charge on any atom is -0.493 e. The third kappa shape index (κ3) is 5.37. The van der Waals surface area contributed by atoms with Crippen LogP contribution in [0.2, 0.25) is 0 Å². The molecule has 5 nitrogen and oxygen atoms in total. The van der Waals surface area contributed by atoms with Crippen LogP contribution < -0.4 is 14.8 Å². The SMILES string of the molecule is COc1cc2c(cc1OC)CN(CC(=O)NCC(c1ccccc1)c1ccccc1)C(C)C2. The molecule has 1 aliphatic rings. The van der Waals surface area contributed by atoms with Crippen LogP contribution in [0.5, 0.6) is 11.5 Å². The van der Waals surface area contributed by atoms with Crippen molar-refractivity contribution in [1.82, 2.24) is 10.2 Å². The largest absolute Gasteiger partial charge is 0.493 e. The number of ether oxygens (including phenoxy) is 2. The van der Waals surface area contributed by atoms with E-state index in [0.29, 0.717) is 19.6 Å². The first-order valence-corrected chi connectivity index (χ1v) is 11.4. The molecule has 0 radical (unpaired) electrons. The maximum absolute atomic E-state index is 13.0. The number of fused-ring (bicyclic) bond motifs is 1. The van der Waals surface area contributed by atoms with Gasteiger partial charge in [-0.3, -0.25) is 9.69 Å². The number of nitrogens with one attached hydrogen (secondary N) is 1. The number of rotatable bonds is 8. The average molecular weight is 445 g/mol. The first-order chi connectivity index (χ1) is 16.1. The third-order valence-electron chi connectivity index (χ3n) is 6.47. The van der Waals surface area contributed by atoms with Gasteiger partial charge < -0.3 is 14.8 Å². The summed E-state index contributed by atoms with van der Waals surface area (Å²) in [6, 6.07) is 25.1.